The topological polar surface area (TPSA) is 89.5 Å². The smallest absolute Gasteiger partial charge is 0.101 e. The Morgan fingerprint density at radius 1 is 1.44 bits per heavy atom. The predicted octanol–water partition coefficient (Wildman–Crippen LogP) is -1.38. The Kier molecular flexibility index (Phi) is 7.61. The molecule has 1 rings (SSSR count). The normalized spacial score (nSPS) is 25.4. The van der Waals surface area contributed by atoms with Crippen LogP contribution in [0.1, 0.15) is 26.2 Å². The van der Waals surface area contributed by atoms with Crippen molar-refractivity contribution in [3.8, 4) is 0 Å². The van der Waals surface area contributed by atoms with Crippen LogP contribution in [-0.4, -0.2) is 28.7 Å². The van der Waals surface area contributed by atoms with Gasteiger partial charge in [-0.2, -0.15) is 12.6 Å². The first-order chi connectivity index (χ1) is 7.32. The van der Waals surface area contributed by atoms with Gasteiger partial charge < -0.3 is 24.5 Å². The molecule has 0 N–H and O–H groups in total. The Labute approximate surface area is 105 Å². The molecule has 3 unspecified atom stereocenters. The van der Waals surface area contributed by atoms with E-state index < -0.39 is 18.0 Å². The third-order valence-corrected chi connectivity index (χ3v) is 2.28. The molecule has 0 aliphatic carbocycles. The molecular weight excluding hydrogens is 252 g/mol. The first-order valence-corrected chi connectivity index (χ1v) is 5.78. The van der Waals surface area contributed by atoms with Crippen LogP contribution >= 0.6 is 25.3 Å². The molecular formula is C9H14O5S2-2. The van der Waals surface area contributed by atoms with Gasteiger partial charge in [0.1, 0.15) is 5.44 Å². The van der Waals surface area contributed by atoms with Gasteiger partial charge in [-0.05, 0) is 19.3 Å². The predicted molar refractivity (Wildman–Crippen MR) is 60.0 cm³/mol. The number of hydrogen-bond acceptors (Lipinski definition) is 7. The molecule has 1 saturated heterocycles. The summed E-state index contributed by atoms with van der Waals surface area (Å²) in [5.74, 6) is -2.17. The van der Waals surface area contributed by atoms with Gasteiger partial charge in [-0.25, -0.2) is 0 Å². The van der Waals surface area contributed by atoms with Gasteiger partial charge in [0.15, 0.2) is 0 Å². The summed E-state index contributed by atoms with van der Waals surface area (Å²) in [5.41, 5.74) is -0.215. The molecule has 1 aliphatic heterocycles. The summed E-state index contributed by atoms with van der Waals surface area (Å²) >= 11 is 7.75. The first kappa shape index (κ1) is 15.6. The van der Waals surface area contributed by atoms with E-state index in [0.717, 1.165) is 0 Å². The SMILES string of the molecule is CC(S)CC(=O)[O-].O=C([O-])C1CCC(S)O1. The van der Waals surface area contributed by atoms with Gasteiger partial charge in [-0.1, -0.05) is 6.92 Å². The lowest BCUT2D eigenvalue weighted by Gasteiger charge is -2.09. The number of carboxylic acids is 2. The van der Waals surface area contributed by atoms with E-state index in [9.17, 15) is 19.8 Å². The maximum absolute atomic E-state index is 10.1. The number of aliphatic carboxylic acids is 2. The molecule has 1 aliphatic rings. The second kappa shape index (κ2) is 7.81. The van der Waals surface area contributed by atoms with Gasteiger partial charge in [-0.15, -0.1) is 12.6 Å². The number of rotatable bonds is 3. The number of ether oxygens (including phenoxy) is 1. The van der Waals surface area contributed by atoms with E-state index in [2.05, 4.69) is 25.3 Å². The van der Waals surface area contributed by atoms with Gasteiger partial charge in [-0.3, -0.25) is 0 Å². The molecule has 94 valence electrons. The van der Waals surface area contributed by atoms with Crippen LogP contribution in [0.25, 0.3) is 0 Å². The second-order valence-electron chi connectivity index (χ2n) is 3.40. The van der Waals surface area contributed by atoms with Crippen LogP contribution < -0.4 is 10.2 Å². The molecule has 3 atom stereocenters. The van der Waals surface area contributed by atoms with E-state index in [1.54, 1.807) is 6.92 Å². The van der Waals surface area contributed by atoms with Gasteiger partial charge in [0.05, 0.1) is 12.1 Å². The summed E-state index contributed by atoms with van der Waals surface area (Å²) in [6.45, 7) is 1.71. The molecule has 7 heteroatoms. The largest absolute Gasteiger partial charge is 0.550 e. The highest BCUT2D eigenvalue weighted by molar-refractivity contribution is 7.81. The molecule has 5 nitrogen and oxygen atoms in total. The summed E-state index contributed by atoms with van der Waals surface area (Å²) in [6, 6.07) is 0. The van der Waals surface area contributed by atoms with E-state index >= 15 is 0 Å². The van der Waals surface area contributed by atoms with Crippen molar-refractivity contribution in [2.45, 2.75) is 43.0 Å². The van der Waals surface area contributed by atoms with Crippen molar-refractivity contribution >= 4 is 37.2 Å². The van der Waals surface area contributed by atoms with E-state index in [-0.39, 0.29) is 17.1 Å². The number of carboxylic acid groups (broad SMARTS) is 2. The molecule has 0 bridgehead atoms. The molecule has 0 amide bonds. The maximum Gasteiger partial charge on any atom is 0.101 e. The fraction of sp³-hybridized carbons (Fsp3) is 0.778. The molecule has 0 radical (unpaired) electrons. The van der Waals surface area contributed by atoms with Crippen LogP contribution in [-0.2, 0) is 14.3 Å². The Morgan fingerprint density at radius 2 is 2.00 bits per heavy atom. The minimum atomic E-state index is -1.13. The van der Waals surface area contributed by atoms with Crippen molar-refractivity contribution in [3.05, 3.63) is 0 Å². The van der Waals surface area contributed by atoms with Gasteiger partial charge in [0, 0.05) is 11.2 Å². The zero-order chi connectivity index (χ0) is 12.7. The Bertz CT molecular complexity index is 244. The molecule has 1 fully saturated rings. The minimum absolute atomic E-state index is 0.0309. The average Bonchev–Trinajstić information content (AvgIpc) is 2.50. The summed E-state index contributed by atoms with van der Waals surface area (Å²) in [4.78, 5) is 19.7. The minimum Gasteiger partial charge on any atom is -0.550 e. The standard InChI is InChI=1S/C5H8O3S.C4H8O2S/c6-5(7)3-1-2-4(9)8-3;1-3(7)2-4(5)6/h3-4,9H,1-2H2,(H,6,7);3,7H,2H2,1H3,(H,5,6)/p-2. The number of thiol groups is 2. The van der Waals surface area contributed by atoms with Crippen LogP contribution in [0.4, 0.5) is 0 Å². The average molecular weight is 266 g/mol. The van der Waals surface area contributed by atoms with Crippen molar-refractivity contribution in [2.24, 2.45) is 0 Å². The maximum atomic E-state index is 10.1. The Morgan fingerprint density at radius 3 is 2.12 bits per heavy atom. The van der Waals surface area contributed by atoms with Crippen molar-refractivity contribution in [3.63, 3.8) is 0 Å². The summed E-state index contributed by atoms with van der Waals surface area (Å²) in [7, 11) is 0. The van der Waals surface area contributed by atoms with Crippen molar-refractivity contribution < 1.29 is 24.5 Å². The highest BCUT2D eigenvalue weighted by Gasteiger charge is 2.22. The van der Waals surface area contributed by atoms with Crippen LogP contribution in [0.2, 0.25) is 0 Å². The van der Waals surface area contributed by atoms with E-state index in [0.29, 0.717) is 12.8 Å². The summed E-state index contributed by atoms with van der Waals surface area (Å²) in [5, 5.41) is 19.6. The van der Waals surface area contributed by atoms with Crippen LogP contribution in [0.3, 0.4) is 0 Å². The highest BCUT2D eigenvalue weighted by atomic mass is 32.1. The quantitative estimate of drug-likeness (QED) is 0.614. The molecule has 0 aromatic heterocycles. The summed E-state index contributed by atoms with van der Waals surface area (Å²) in [6.07, 6.45) is 0.522. The fourth-order valence-electron chi connectivity index (χ4n) is 1.03. The van der Waals surface area contributed by atoms with E-state index in [1.165, 1.54) is 0 Å². The number of carbonyl (C=O) groups is 2. The third kappa shape index (κ3) is 7.84. The lowest BCUT2D eigenvalue weighted by Crippen LogP contribution is -2.35. The molecule has 0 aromatic rings. The Hall–Kier alpha value is -0.400. The van der Waals surface area contributed by atoms with E-state index in [4.69, 9.17) is 4.74 Å². The Balaban J connectivity index is 0.000000293. The van der Waals surface area contributed by atoms with Crippen molar-refractivity contribution in [1.82, 2.24) is 0 Å². The zero-order valence-electron chi connectivity index (χ0n) is 8.79. The molecule has 1 heterocycles. The lowest BCUT2D eigenvalue weighted by molar-refractivity contribution is -0.315. The molecule has 0 spiro atoms. The van der Waals surface area contributed by atoms with Crippen LogP contribution in [0.5, 0.6) is 0 Å². The lowest BCUT2D eigenvalue weighted by atomic mass is 10.2. The van der Waals surface area contributed by atoms with Gasteiger partial charge in [0.25, 0.3) is 0 Å². The fourth-order valence-corrected chi connectivity index (χ4v) is 1.48. The summed E-state index contributed by atoms with van der Waals surface area (Å²) < 4.78 is 4.82. The molecule has 0 aromatic carbocycles. The molecule has 16 heavy (non-hydrogen) atoms. The monoisotopic (exact) mass is 266 g/mol. The second-order valence-corrected chi connectivity index (χ2v) is 4.86. The number of carbonyl (C=O) groups excluding carboxylic acids is 2. The number of hydrogen-bond donors (Lipinski definition) is 2. The van der Waals surface area contributed by atoms with Crippen molar-refractivity contribution in [2.75, 3.05) is 0 Å². The van der Waals surface area contributed by atoms with E-state index in [1.807, 2.05) is 0 Å². The zero-order valence-corrected chi connectivity index (χ0v) is 10.6. The first-order valence-electron chi connectivity index (χ1n) is 4.75. The van der Waals surface area contributed by atoms with Gasteiger partial charge >= 0.3 is 0 Å². The highest BCUT2D eigenvalue weighted by Crippen LogP contribution is 2.20. The third-order valence-electron chi connectivity index (χ3n) is 1.72. The van der Waals surface area contributed by atoms with Crippen LogP contribution in [0, 0.1) is 0 Å². The van der Waals surface area contributed by atoms with Crippen LogP contribution in [0.15, 0.2) is 0 Å². The van der Waals surface area contributed by atoms with Crippen molar-refractivity contribution in [1.29, 1.82) is 0 Å². The molecule has 0 saturated carbocycles. The van der Waals surface area contributed by atoms with Gasteiger partial charge in [0.2, 0.25) is 0 Å².